The van der Waals surface area contributed by atoms with E-state index in [0.717, 1.165) is 5.56 Å². The molecule has 35 heavy (non-hydrogen) atoms. The zero-order chi connectivity index (χ0) is 25.7. The van der Waals surface area contributed by atoms with Gasteiger partial charge >= 0.3 is 0 Å². The summed E-state index contributed by atoms with van der Waals surface area (Å²) in [5.41, 5.74) is 1.61. The van der Waals surface area contributed by atoms with Crippen LogP contribution >= 0.6 is 23.2 Å². The highest BCUT2D eigenvalue weighted by Gasteiger charge is 2.45. The minimum Gasteiger partial charge on any atom is -0.486 e. The second-order valence-electron chi connectivity index (χ2n) is 8.14. The molecule has 2 aromatic carbocycles. The maximum Gasteiger partial charge on any atom is 0.251 e. The molecule has 3 rings (SSSR count). The Morgan fingerprint density at radius 3 is 2.46 bits per heavy atom. The Hall–Kier alpha value is -2.40. The van der Waals surface area contributed by atoms with Crippen molar-refractivity contribution in [3.63, 3.8) is 0 Å². The summed E-state index contributed by atoms with van der Waals surface area (Å²) in [6, 6.07) is 9.97. The number of methoxy groups -OCH3 is 1. The molecule has 0 bridgehead atoms. The largest absolute Gasteiger partial charge is 0.486 e. The number of aliphatic hydroxyl groups excluding tert-OH is 2. The Morgan fingerprint density at radius 2 is 1.83 bits per heavy atom. The van der Waals surface area contributed by atoms with E-state index in [9.17, 15) is 19.8 Å². The first-order valence-electron chi connectivity index (χ1n) is 10.9. The number of carbonyl (C=O) groups is 2. The molecule has 4 N–H and O–H groups in total. The summed E-state index contributed by atoms with van der Waals surface area (Å²) >= 11 is 12.8. The molecule has 2 aromatic rings. The topological polar surface area (TPSA) is 126 Å². The molecule has 11 heteroatoms. The second-order valence-corrected chi connectivity index (χ2v) is 8.93. The molecule has 0 aliphatic carbocycles. The fraction of sp³-hybridized carbons (Fsp3) is 0.417. The first kappa shape index (κ1) is 27.2. The Labute approximate surface area is 213 Å². The first-order chi connectivity index (χ1) is 16.6. The van der Waals surface area contributed by atoms with Crippen LogP contribution in [0, 0.1) is 6.92 Å². The predicted molar refractivity (Wildman–Crippen MR) is 130 cm³/mol. The van der Waals surface area contributed by atoms with Crippen LogP contribution in [0.4, 0.5) is 0 Å². The molecule has 0 saturated carbocycles. The third-order valence-corrected chi connectivity index (χ3v) is 6.39. The molecular formula is C24H28Cl2N2O7. The molecule has 0 radical (unpaired) electrons. The number of rotatable bonds is 8. The van der Waals surface area contributed by atoms with Crippen molar-refractivity contribution >= 4 is 35.0 Å². The lowest BCUT2D eigenvalue weighted by atomic mass is 9.96. The van der Waals surface area contributed by atoms with Gasteiger partial charge in [-0.25, -0.2) is 0 Å². The maximum absolute atomic E-state index is 12.9. The van der Waals surface area contributed by atoms with E-state index in [0.29, 0.717) is 5.56 Å². The SMILES string of the molecule is CO[C@H]1O[C@H](CNC(=O)c2cc(Cl)c(OCc3ccccc3)c(Cl)c2C)[C@@H](O)[C@H](O)[C@H]1NC(C)=O. The Balaban J connectivity index is 1.68. The molecule has 0 unspecified atom stereocenters. The van der Waals surface area contributed by atoms with Gasteiger partial charge in [0.2, 0.25) is 5.91 Å². The van der Waals surface area contributed by atoms with E-state index >= 15 is 0 Å². The lowest BCUT2D eigenvalue weighted by molar-refractivity contribution is -0.254. The third-order valence-electron chi connectivity index (χ3n) is 5.66. The van der Waals surface area contributed by atoms with Crippen LogP contribution in [-0.2, 0) is 20.9 Å². The van der Waals surface area contributed by atoms with Gasteiger partial charge in [-0.3, -0.25) is 9.59 Å². The van der Waals surface area contributed by atoms with Crippen molar-refractivity contribution in [2.75, 3.05) is 13.7 Å². The van der Waals surface area contributed by atoms with Crippen molar-refractivity contribution in [3.8, 4) is 5.75 Å². The Morgan fingerprint density at radius 1 is 1.14 bits per heavy atom. The Bertz CT molecular complexity index is 1050. The van der Waals surface area contributed by atoms with Gasteiger partial charge in [0, 0.05) is 26.1 Å². The highest BCUT2D eigenvalue weighted by molar-refractivity contribution is 6.38. The standard InChI is InChI=1S/C24H28Cl2N2O7/c1-12-15(9-16(25)22(18(12)26)34-11-14-7-5-4-6-8-14)23(32)27-10-17-20(30)21(31)19(28-13(2)29)24(33-3)35-17/h4-9,17,19-21,24,30-31H,10-11H2,1-3H3,(H,27,32)(H,28,29)/t17-,19-,20-,21-,24+/m1/s1. The van der Waals surface area contributed by atoms with E-state index < -0.39 is 42.5 Å². The van der Waals surface area contributed by atoms with Gasteiger partial charge in [-0.1, -0.05) is 53.5 Å². The van der Waals surface area contributed by atoms with Gasteiger partial charge in [-0.2, -0.15) is 0 Å². The van der Waals surface area contributed by atoms with Crippen molar-refractivity contribution in [2.45, 2.75) is 51.1 Å². The predicted octanol–water partition coefficient (Wildman–Crippen LogP) is 2.21. The summed E-state index contributed by atoms with van der Waals surface area (Å²) < 4.78 is 16.6. The molecular weight excluding hydrogens is 499 g/mol. The van der Waals surface area contributed by atoms with Crippen LogP contribution in [0.15, 0.2) is 36.4 Å². The lowest BCUT2D eigenvalue weighted by Gasteiger charge is -2.42. The van der Waals surface area contributed by atoms with Gasteiger partial charge in [0.05, 0.1) is 10.0 Å². The number of nitrogens with one attached hydrogen (secondary N) is 2. The van der Waals surface area contributed by atoms with Gasteiger partial charge in [0.25, 0.3) is 5.91 Å². The molecule has 0 spiro atoms. The van der Waals surface area contributed by atoms with Crippen LogP contribution in [0.2, 0.25) is 10.0 Å². The third kappa shape index (κ3) is 6.43. The summed E-state index contributed by atoms with van der Waals surface area (Å²) in [5, 5.41) is 26.4. The van der Waals surface area contributed by atoms with Crippen LogP contribution in [0.5, 0.6) is 5.75 Å². The minimum atomic E-state index is -1.39. The summed E-state index contributed by atoms with van der Waals surface area (Å²) in [6.07, 6.45) is -4.78. The van der Waals surface area contributed by atoms with Crippen molar-refractivity contribution in [3.05, 3.63) is 63.1 Å². The van der Waals surface area contributed by atoms with E-state index in [1.807, 2.05) is 30.3 Å². The number of benzene rings is 2. The maximum atomic E-state index is 12.9. The van der Waals surface area contributed by atoms with E-state index in [1.165, 1.54) is 20.1 Å². The molecule has 9 nitrogen and oxygen atoms in total. The van der Waals surface area contributed by atoms with Crippen molar-refractivity contribution in [1.82, 2.24) is 10.6 Å². The molecule has 190 valence electrons. The molecule has 5 atom stereocenters. The van der Waals surface area contributed by atoms with E-state index in [4.69, 9.17) is 37.4 Å². The van der Waals surface area contributed by atoms with Crippen molar-refractivity contribution < 1.29 is 34.0 Å². The zero-order valence-corrected chi connectivity index (χ0v) is 21.0. The van der Waals surface area contributed by atoms with Crippen molar-refractivity contribution in [1.29, 1.82) is 0 Å². The summed E-state index contributed by atoms with van der Waals surface area (Å²) in [4.78, 5) is 24.3. The van der Waals surface area contributed by atoms with E-state index in [2.05, 4.69) is 10.6 Å². The highest BCUT2D eigenvalue weighted by atomic mass is 35.5. The summed E-state index contributed by atoms with van der Waals surface area (Å²) in [5.74, 6) is -0.657. The van der Waals surface area contributed by atoms with Crippen LogP contribution in [0.25, 0.3) is 0 Å². The number of ether oxygens (including phenoxy) is 3. The molecule has 1 aliphatic rings. The smallest absolute Gasteiger partial charge is 0.251 e. The number of hydrogen-bond acceptors (Lipinski definition) is 7. The molecule has 1 heterocycles. The van der Waals surface area contributed by atoms with Gasteiger partial charge in [0.1, 0.15) is 31.0 Å². The monoisotopic (exact) mass is 526 g/mol. The van der Waals surface area contributed by atoms with E-state index in [-0.39, 0.29) is 34.5 Å². The Kier molecular flexibility index (Phi) is 9.34. The van der Waals surface area contributed by atoms with Gasteiger partial charge in [-0.15, -0.1) is 0 Å². The fourth-order valence-corrected chi connectivity index (χ4v) is 4.33. The van der Waals surface area contributed by atoms with Crippen LogP contribution in [0.1, 0.15) is 28.4 Å². The molecule has 2 amide bonds. The first-order valence-corrected chi connectivity index (χ1v) is 11.6. The number of hydrogen-bond donors (Lipinski definition) is 4. The normalized spacial score (nSPS) is 24.0. The van der Waals surface area contributed by atoms with Crippen LogP contribution in [-0.4, -0.2) is 66.3 Å². The van der Waals surface area contributed by atoms with Gasteiger partial charge < -0.3 is 35.1 Å². The number of amides is 2. The van der Waals surface area contributed by atoms with Crippen molar-refractivity contribution in [2.24, 2.45) is 0 Å². The molecule has 1 aliphatic heterocycles. The average Bonchev–Trinajstić information content (AvgIpc) is 2.84. The van der Waals surface area contributed by atoms with Gasteiger partial charge in [-0.05, 0) is 24.1 Å². The molecule has 1 saturated heterocycles. The highest BCUT2D eigenvalue weighted by Crippen LogP contribution is 2.38. The zero-order valence-electron chi connectivity index (χ0n) is 19.5. The number of halogens is 2. The quantitative estimate of drug-likeness (QED) is 0.415. The van der Waals surface area contributed by atoms with Crippen LogP contribution < -0.4 is 15.4 Å². The van der Waals surface area contributed by atoms with Gasteiger partial charge in [0.15, 0.2) is 12.0 Å². The minimum absolute atomic E-state index is 0.148. The molecule has 1 fully saturated rings. The molecule has 0 aromatic heterocycles. The lowest BCUT2D eigenvalue weighted by Crippen LogP contribution is -2.65. The summed E-state index contributed by atoms with van der Waals surface area (Å²) in [7, 11) is 1.34. The second kappa shape index (κ2) is 12.0. The number of carbonyl (C=O) groups excluding carboxylic acids is 2. The van der Waals surface area contributed by atoms with E-state index in [1.54, 1.807) is 6.92 Å². The summed E-state index contributed by atoms with van der Waals surface area (Å²) in [6.45, 7) is 3.04. The van der Waals surface area contributed by atoms with Crippen LogP contribution in [0.3, 0.4) is 0 Å². The average molecular weight is 527 g/mol. The number of aliphatic hydroxyl groups is 2. The fourth-order valence-electron chi connectivity index (χ4n) is 3.77.